The van der Waals surface area contributed by atoms with Crippen molar-refractivity contribution in [3.63, 3.8) is 0 Å². The normalized spacial score (nSPS) is 15.6. The van der Waals surface area contributed by atoms with Crippen LogP contribution in [0.15, 0.2) is 52.4 Å². The summed E-state index contributed by atoms with van der Waals surface area (Å²) in [6.45, 7) is 6.12. The molecular weight excluding hydrogens is 394 g/mol. The maximum absolute atomic E-state index is 13.1. The summed E-state index contributed by atoms with van der Waals surface area (Å²) in [5, 5.41) is 3.51. The van der Waals surface area contributed by atoms with E-state index in [0.717, 1.165) is 22.3 Å². The molecule has 1 atom stereocenters. The fourth-order valence-electron chi connectivity index (χ4n) is 3.98. The quantitative estimate of drug-likeness (QED) is 0.501. The van der Waals surface area contributed by atoms with Crippen molar-refractivity contribution < 1.29 is 4.79 Å². The fourth-order valence-corrected chi connectivity index (χ4v) is 4.90. The van der Waals surface area contributed by atoms with Crippen LogP contribution in [0.5, 0.6) is 0 Å². The molecule has 4 rings (SSSR count). The minimum atomic E-state index is -0.281. The van der Waals surface area contributed by atoms with E-state index in [4.69, 9.17) is 0 Å². The smallest absolute Gasteiger partial charge is 0.279 e. The summed E-state index contributed by atoms with van der Waals surface area (Å²) >= 11 is 1.50. The largest absolute Gasteiger partial charge is 0.312 e. The Morgan fingerprint density at radius 1 is 1.07 bits per heavy atom. The molecule has 1 aliphatic heterocycles. The summed E-state index contributed by atoms with van der Waals surface area (Å²) in [6.07, 6.45) is 0.254. The van der Waals surface area contributed by atoms with Crippen molar-refractivity contribution in [3.05, 3.63) is 86.2 Å². The molecule has 1 aliphatic rings. The molecule has 3 aromatic rings. The molecule has 0 saturated carbocycles. The number of anilines is 1. The van der Waals surface area contributed by atoms with Gasteiger partial charge in [-0.05, 0) is 37.5 Å². The zero-order valence-corrected chi connectivity index (χ0v) is 18.5. The van der Waals surface area contributed by atoms with E-state index >= 15 is 0 Å². The molecule has 1 amide bonds. The fraction of sp³-hybridized carbons (Fsp3) is 0.292. The van der Waals surface area contributed by atoms with E-state index in [1.54, 1.807) is 0 Å². The predicted molar refractivity (Wildman–Crippen MR) is 121 cm³/mol. The minimum absolute atomic E-state index is 0.0804. The molecule has 0 aliphatic carbocycles. The number of carbonyl (C=O) groups is 1. The minimum Gasteiger partial charge on any atom is -0.312 e. The van der Waals surface area contributed by atoms with Crippen molar-refractivity contribution >= 4 is 23.5 Å². The molecule has 0 saturated heterocycles. The monoisotopic (exact) mass is 419 g/mol. The molecule has 0 radical (unpaired) electrons. The van der Waals surface area contributed by atoms with Gasteiger partial charge in [0, 0.05) is 25.1 Å². The molecule has 1 N–H and O–H groups in total. The molecular formula is C24H25N3O2S. The number of amides is 1. The highest BCUT2D eigenvalue weighted by Gasteiger charge is 2.32. The topological polar surface area (TPSA) is 64.0 Å². The Labute approximate surface area is 180 Å². The lowest BCUT2D eigenvalue weighted by Crippen LogP contribution is -2.33. The van der Waals surface area contributed by atoms with Crippen LogP contribution in [-0.4, -0.2) is 15.5 Å². The Hall–Kier alpha value is -2.86. The average molecular weight is 420 g/mol. The Balaban J connectivity index is 1.72. The van der Waals surface area contributed by atoms with E-state index in [1.807, 2.05) is 37.6 Å². The standard InChI is InChI=1S/C24H25N3O2S/c1-14-5-8-17(9-6-14)13-30-24-26-23(29)21-19(12-20(28)25-22(21)27(24)4)18-10-7-15(2)11-16(18)3/h5-11,19H,12-13H2,1-4H3,(H,25,28)/t19-/m1/s1. The van der Waals surface area contributed by atoms with Gasteiger partial charge in [0.05, 0.1) is 5.56 Å². The average Bonchev–Trinajstić information content (AvgIpc) is 2.70. The van der Waals surface area contributed by atoms with Gasteiger partial charge >= 0.3 is 0 Å². The van der Waals surface area contributed by atoms with Crippen molar-refractivity contribution in [2.45, 2.75) is 44.0 Å². The molecule has 0 fully saturated rings. The number of fused-ring (bicyclic) bond motifs is 1. The molecule has 2 aromatic carbocycles. The van der Waals surface area contributed by atoms with Gasteiger partial charge in [-0.2, -0.15) is 4.98 Å². The molecule has 154 valence electrons. The van der Waals surface area contributed by atoms with Gasteiger partial charge in [-0.3, -0.25) is 9.59 Å². The van der Waals surface area contributed by atoms with Gasteiger partial charge < -0.3 is 9.88 Å². The van der Waals surface area contributed by atoms with Crippen LogP contribution in [0.1, 0.15) is 45.7 Å². The Morgan fingerprint density at radius 3 is 2.47 bits per heavy atom. The summed E-state index contributed by atoms with van der Waals surface area (Å²) in [6, 6.07) is 14.4. The number of hydrogen-bond donors (Lipinski definition) is 1. The highest BCUT2D eigenvalue weighted by Crippen LogP contribution is 2.37. The highest BCUT2D eigenvalue weighted by atomic mass is 32.2. The first-order valence-corrected chi connectivity index (χ1v) is 11.0. The Morgan fingerprint density at radius 2 is 1.77 bits per heavy atom. The summed E-state index contributed by atoms with van der Waals surface area (Å²) in [5.74, 6) is 0.899. The second-order valence-electron chi connectivity index (χ2n) is 7.96. The maximum Gasteiger partial charge on any atom is 0.279 e. The third-order valence-corrected chi connectivity index (χ3v) is 6.69. The number of benzene rings is 2. The van der Waals surface area contributed by atoms with Crippen molar-refractivity contribution in [3.8, 4) is 0 Å². The number of rotatable bonds is 4. The molecule has 30 heavy (non-hydrogen) atoms. The number of aryl methyl sites for hydroxylation is 3. The van der Waals surface area contributed by atoms with E-state index < -0.39 is 0 Å². The lowest BCUT2D eigenvalue weighted by atomic mass is 9.84. The van der Waals surface area contributed by atoms with Crippen LogP contribution >= 0.6 is 11.8 Å². The number of nitrogens with one attached hydrogen (secondary N) is 1. The molecule has 0 spiro atoms. The van der Waals surface area contributed by atoms with Crippen molar-refractivity contribution in [2.75, 3.05) is 5.32 Å². The maximum atomic E-state index is 13.1. The number of thioether (sulfide) groups is 1. The third kappa shape index (κ3) is 3.92. The first kappa shape index (κ1) is 20.4. The van der Waals surface area contributed by atoms with Gasteiger partial charge in [-0.15, -0.1) is 0 Å². The van der Waals surface area contributed by atoms with E-state index in [9.17, 15) is 9.59 Å². The van der Waals surface area contributed by atoms with Gasteiger partial charge in [0.1, 0.15) is 5.82 Å². The van der Waals surface area contributed by atoms with Crippen molar-refractivity contribution in [1.29, 1.82) is 0 Å². The molecule has 0 bridgehead atoms. The lowest BCUT2D eigenvalue weighted by molar-refractivity contribution is -0.116. The Kier molecular flexibility index (Phi) is 5.52. The Bertz CT molecular complexity index is 1180. The molecule has 1 aromatic heterocycles. The van der Waals surface area contributed by atoms with Gasteiger partial charge in [0.2, 0.25) is 5.91 Å². The zero-order chi connectivity index (χ0) is 21.4. The van der Waals surface area contributed by atoms with E-state index in [-0.39, 0.29) is 23.8 Å². The van der Waals surface area contributed by atoms with Gasteiger partial charge in [0.15, 0.2) is 5.16 Å². The van der Waals surface area contributed by atoms with Crippen LogP contribution in [0.4, 0.5) is 5.82 Å². The summed E-state index contributed by atoms with van der Waals surface area (Å²) < 4.78 is 1.84. The van der Waals surface area contributed by atoms with Crippen LogP contribution in [0.25, 0.3) is 0 Å². The predicted octanol–water partition coefficient (Wildman–Crippen LogP) is 4.47. The number of aromatic nitrogens is 2. The number of carbonyl (C=O) groups excluding carboxylic acids is 1. The van der Waals surface area contributed by atoms with E-state index in [0.29, 0.717) is 22.3 Å². The van der Waals surface area contributed by atoms with Crippen LogP contribution in [0.3, 0.4) is 0 Å². The SMILES string of the molecule is Cc1ccc(CSc2nc(=O)c3c(n2C)NC(=O)C[C@@H]3c2ccc(C)cc2C)cc1. The first-order chi connectivity index (χ1) is 14.3. The van der Waals surface area contributed by atoms with Crippen LogP contribution < -0.4 is 10.9 Å². The lowest BCUT2D eigenvalue weighted by Gasteiger charge is -2.28. The second-order valence-corrected chi connectivity index (χ2v) is 8.90. The molecule has 6 heteroatoms. The number of nitrogens with zero attached hydrogens (tertiary/aromatic N) is 2. The summed E-state index contributed by atoms with van der Waals surface area (Å²) in [4.78, 5) is 30.0. The van der Waals surface area contributed by atoms with Gasteiger partial charge in [0.25, 0.3) is 5.56 Å². The molecule has 0 unspecified atom stereocenters. The highest BCUT2D eigenvalue weighted by molar-refractivity contribution is 7.98. The molecule has 5 nitrogen and oxygen atoms in total. The van der Waals surface area contributed by atoms with Crippen molar-refractivity contribution in [1.82, 2.24) is 9.55 Å². The second kappa shape index (κ2) is 8.11. The molecule has 2 heterocycles. The summed E-state index contributed by atoms with van der Waals surface area (Å²) in [7, 11) is 1.85. The van der Waals surface area contributed by atoms with E-state index in [2.05, 4.69) is 47.6 Å². The van der Waals surface area contributed by atoms with Crippen LogP contribution in [0.2, 0.25) is 0 Å². The van der Waals surface area contributed by atoms with Crippen molar-refractivity contribution in [2.24, 2.45) is 7.05 Å². The van der Waals surface area contributed by atoms with Crippen LogP contribution in [0, 0.1) is 20.8 Å². The van der Waals surface area contributed by atoms with Gasteiger partial charge in [-0.25, -0.2) is 0 Å². The third-order valence-electron chi connectivity index (χ3n) is 5.59. The first-order valence-electron chi connectivity index (χ1n) is 9.99. The number of hydrogen-bond acceptors (Lipinski definition) is 4. The van der Waals surface area contributed by atoms with Crippen LogP contribution in [-0.2, 0) is 17.6 Å². The zero-order valence-electron chi connectivity index (χ0n) is 17.7. The van der Waals surface area contributed by atoms with Gasteiger partial charge in [-0.1, -0.05) is 65.4 Å². The van der Waals surface area contributed by atoms with E-state index in [1.165, 1.54) is 17.3 Å². The summed E-state index contributed by atoms with van der Waals surface area (Å²) in [5.41, 5.74) is 5.93.